The number of alkyl halides is 1. The summed E-state index contributed by atoms with van der Waals surface area (Å²) in [5.41, 5.74) is -0.207. The van der Waals surface area contributed by atoms with Crippen LogP contribution in [0.15, 0.2) is 12.1 Å². The molecule has 0 bridgehead atoms. The average Bonchev–Trinajstić information content (AvgIpc) is 2.26. The average molecular weight is 350 g/mol. The van der Waals surface area contributed by atoms with E-state index >= 15 is 0 Å². The predicted molar refractivity (Wildman–Crippen MR) is 65.6 cm³/mol. The minimum Gasteiger partial charge on any atom is -0.293 e. The third kappa shape index (κ3) is 2.48. The standard InChI is InChI=1S/C9H4ClIN2O3/c10-3-8(14)5-1-6(4-12)9(13(15)16)7(11)2-5/h1-2H,3H2. The zero-order chi connectivity index (χ0) is 12.3. The monoisotopic (exact) mass is 350 g/mol. The summed E-state index contributed by atoms with van der Waals surface area (Å²) in [5, 5.41) is 19.5. The molecule has 0 heterocycles. The van der Waals surface area contributed by atoms with Gasteiger partial charge < -0.3 is 0 Å². The van der Waals surface area contributed by atoms with E-state index in [1.165, 1.54) is 12.1 Å². The number of ketones is 1. The molecule has 7 heteroatoms. The lowest BCUT2D eigenvalue weighted by atomic mass is 10.1. The number of halogens is 2. The van der Waals surface area contributed by atoms with E-state index in [1.54, 1.807) is 28.7 Å². The van der Waals surface area contributed by atoms with Crippen LogP contribution >= 0.6 is 34.2 Å². The molecule has 0 atom stereocenters. The van der Waals surface area contributed by atoms with Gasteiger partial charge in [0.25, 0.3) is 5.69 Å². The Morgan fingerprint density at radius 2 is 2.25 bits per heavy atom. The molecule has 5 nitrogen and oxygen atoms in total. The SMILES string of the molecule is N#Cc1cc(C(=O)CCl)cc(I)c1[N+](=O)[O-]. The molecule has 0 saturated carbocycles. The van der Waals surface area contributed by atoms with Crippen LogP contribution in [-0.2, 0) is 0 Å². The Labute approximate surface area is 109 Å². The number of benzene rings is 1. The van der Waals surface area contributed by atoms with Gasteiger partial charge in [0.15, 0.2) is 5.78 Å². The Morgan fingerprint density at radius 3 is 2.69 bits per heavy atom. The van der Waals surface area contributed by atoms with Crippen molar-refractivity contribution in [1.29, 1.82) is 5.26 Å². The molecule has 16 heavy (non-hydrogen) atoms. The maximum absolute atomic E-state index is 11.3. The summed E-state index contributed by atoms with van der Waals surface area (Å²) >= 11 is 7.08. The van der Waals surface area contributed by atoms with Crippen LogP contribution in [-0.4, -0.2) is 16.6 Å². The van der Waals surface area contributed by atoms with Gasteiger partial charge in [0.1, 0.15) is 11.6 Å². The second-order valence-corrected chi connectivity index (χ2v) is 4.21. The van der Waals surface area contributed by atoms with Crippen molar-refractivity contribution in [3.63, 3.8) is 0 Å². The van der Waals surface area contributed by atoms with Gasteiger partial charge in [0.2, 0.25) is 0 Å². The Morgan fingerprint density at radius 1 is 1.62 bits per heavy atom. The Bertz CT molecular complexity index is 510. The molecule has 0 N–H and O–H groups in total. The van der Waals surface area contributed by atoms with Crippen molar-refractivity contribution in [3.05, 3.63) is 36.9 Å². The normalized spacial score (nSPS) is 9.56. The van der Waals surface area contributed by atoms with Crippen molar-refractivity contribution in [1.82, 2.24) is 0 Å². The molecule has 1 rings (SSSR count). The minimum absolute atomic E-state index is 0.134. The number of carbonyl (C=O) groups excluding carboxylic acids is 1. The first-order valence-corrected chi connectivity index (χ1v) is 5.59. The van der Waals surface area contributed by atoms with Crippen molar-refractivity contribution in [2.45, 2.75) is 0 Å². The molecular weight excluding hydrogens is 346 g/mol. The maximum Gasteiger partial charge on any atom is 0.300 e. The highest BCUT2D eigenvalue weighted by molar-refractivity contribution is 14.1. The number of nitro benzene ring substituents is 1. The summed E-state index contributed by atoms with van der Waals surface area (Å²) in [6.45, 7) is 0. The van der Waals surface area contributed by atoms with E-state index in [0.717, 1.165) is 0 Å². The van der Waals surface area contributed by atoms with Crippen molar-refractivity contribution in [2.24, 2.45) is 0 Å². The third-order valence-corrected chi connectivity index (χ3v) is 2.87. The second-order valence-electron chi connectivity index (χ2n) is 2.78. The first-order chi connectivity index (χ1) is 7.51. The first-order valence-electron chi connectivity index (χ1n) is 3.98. The van der Waals surface area contributed by atoms with Crippen LogP contribution in [0.1, 0.15) is 15.9 Å². The van der Waals surface area contributed by atoms with Gasteiger partial charge in [0.05, 0.1) is 14.4 Å². The van der Waals surface area contributed by atoms with Crippen LogP contribution in [0.4, 0.5) is 5.69 Å². The topological polar surface area (TPSA) is 84.0 Å². The Kier molecular flexibility index (Phi) is 4.20. The summed E-state index contributed by atoms with van der Waals surface area (Å²) in [6, 6.07) is 4.23. The van der Waals surface area contributed by atoms with E-state index < -0.39 is 4.92 Å². The van der Waals surface area contributed by atoms with Gasteiger partial charge in [0, 0.05) is 5.56 Å². The quantitative estimate of drug-likeness (QED) is 0.276. The lowest BCUT2D eigenvalue weighted by Gasteiger charge is -2.01. The lowest BCUT2D eigenvalue weighted by molar-refractivity contribution is -0.386. The molecule has 0 aromatic heterocycles. The number of nitrogens with zero attached hydrogens (tertiary/aromatic N) is 2. The molecule has 0 aliphatic rings. The molecule has 0 amide bonds. The molecule has 0 spiro atoms. The maximum atomic E-state index is 11.3. The van der Waals surface area contributed by atoms with Crippen LogP contribution in [0.25, 0.3) is 0 Å². The summed E-state index contributed by atoms with van der Waals surface area (Å²) in [5.74, 6) is -0.593. The van der Waals surface area contributed by atoms with E-state index in [0.29, 0.717) is 0 Å². The molecule has 0 aliphatic heterocycles. The molecule has 1 aromatic carbocycles. The van der Waals surface area contributed by atoms with E-state index in [4.69, 9.17) is 16.9 Å². The van der Waals surface area contributed by atoms with Gasteiger partial charge in [-0.1, -0.05) is 0 Å². The highest BCUT2D eigenvalue weighted by Gasteiger charge is 2.21. The number of nitro groups is 1. The van der Waals surface area contributed by atoms with Gasteiger partial charge >= 0.3 is 0 Å². The number of carbonyl (C=O) groups is 1. The Hall–Kier alpha value is -1.20. The zero-order valence-electron chi connectivity index (χ0n) is 7.74. The van der Waals surface area contributed by atoms with Gasteiger partial charge in [-0.05, 0) is 34.7 Å². The highest BCUT2D eigenvalue weighted by atomic mass is 127. The van der Waals surface area contributed by atoms with E-state index in [-0.39, 0.29) is 32.0 Å². The van der Waals surface area contributed by atoms with Gasteiger partial charge in [-0.2, -0.15) is 5.26 Å². The van der Waals surface area contributed by atoms with Crippen molar-refractivity contribution < 1.29 is 9.72 Å². The molecule has 0 aliphatic carbocycles. The molecule has 82 valence electrons. The number of nitriles is 1. The number of rotatable bonds is 3. The number of Topliss-reactive ketones (excluding diaryl/α,β-unsaturated/α-hetero) is 1. The van der Waals surface area contributed by atoms with E-state index in [1.807, 2.05) is 0 Å². The summed E-state index contributed by atoms with van der Waals surface area (Å²) in [6.07, 6.45) is 0. The third-order valence-electron chi connectivity index (χ3n) is 1.81. The number of hydrogen-bond donors (Lipinski definition) is 0. The fourth-order valence-corrected chi connectivity index (χ4v) is 2.09. The van der Waals surface area contributed by atoms with Crippen molar-refractivity contribution in [3.8, 4) is 6.07 Å². The molecule has 0 radical (unpaired) electrons. The molecular formula is C9H4ClIN2O3. The van der Waals surface area contributed by atoms with Crippen LogP contribution < -0.4 is 0 Å². The van der Waals surface area contributed by atoms with Crippen LogP contribution in [0.5, 0.6) is 0 Å². The van der Waals surface area contributed by atoms with Gasteiger partial charge in [-0.25, -0.2) is 0 Å². The minimum atomic E-state index is -0.644. The van der Waals surface area contributed by atoms with Crippen LogP contribution in [0.3, 0.4) is 0 Å². The van der Waals surface area contributed by atoms with E-state index in [2.05, 4.69) is 0 Å². The first kappa shape index (κ1) is 12.9. The molecule has 0 unspecified atom stereocenters. The largest absolute Gasteiger partial charge is 0.300 e. The molecule has 0 fully saturated rings. The lowest BCUT2D eigenvalue weighted by Crippen LogP contribution is -2.04. The fourth-order valence-electron chi connectivity index (χ4n) is 1.11. The second kappa shape index (κ2) is 5.23. The van der Waals surface area contributed by atoms with Gasteiger partial charge in [-0.3, -0.25) is 14.9 Å². The number of hydrogen-bond acceptors (Lipinski definition) is 4. The Balaban J connectivity index is 3.45. The fraction of sp³-hybridized carbons (Fsp3) is 0.111. The zero-order valence-corrected chi connectivity index (χ0v) is 10.7. The molecule has 1 aromatic rings. The van der Waals surface area contributed by atoms with Crippen LogP contribution in [0.2, 0.25) is 0 Å². The summed E-state index contributed by atoms with van der Waals surface area (Å²) in [7, 11) is 0. The van der Waals surface area contributed by atoms with Crippen molar-refractivity contribution >= 4 is 45.7 Å². The van der Waals surface area contributed by atoms with Crippen LogP contribution in [0, 0.1) is 25.0 Å². The predicted octanol–water partition coefficient (Wildman–Crippen LogP) is 2.49. The highest BCUT2D eigenvalue weighted by Crippen LogP contribution is 2.27. The van der Waals surface area contributed by atoms with Gasteiger partial charge in [-0.15, -0.1) is 11.6 Å². The van der Waals surface area contributed by atoms with Crippen molar-refractivity contribution in [2.75, 3.05) is 5.88 Å². The smallest absolute Gasteiger partial charge is 0.293 e. The van der Waals surface area contributed by atoms with E-state index in [9.17, 15) is 14.9 Å². The molecule has 0 saturated heterocycles. The summed E-state index contributed by atoms with van der Waals surface area (Å²) < 4.78 is 0.245. The summed E-state index contributed by atoms with van der Waals surface area (Å²) in [4.78, 5) is 21.3.